The van der Waals surface area contributed by atoms with Gasteiger partial charge < -0.3 is 0 Å². The van der Waals surface area contributed by atoms with Gasteiger partial charge in [-0.15, -0.1) is 0 Å². The summed E-state index contributed by atoms with van der Waals surface area (Å²) in [5.41, 5.74) is 0. The molecular weight excluding hydrogens is 48.0 g/mol. The SMILES string of the molecule is [2H]CC=C([2H])C. The molecule has 0 atom stereocenters. The van der Waals surface area contributed by atoms with Crippen molar-refractivity contribution >= 4 is 0 Å². The highest BCUT2D eigenvalue weighted by Crippen LogP contribution is 1.57. The zero-order chi connectivity index (χ0) is 4.99. The lowest BCUT2D eigenvalue weighted by Gasteiger charge is -1.49. The molecule has 0 rings (SSSR count). The smallest absolute Gasteiger partial charge is 0.0569 e. The van der Waals surface area contributed by atoms with E-state index in [1.165, 1.54) is 0 Å². The van der Waals surface area contributed by atoms with Crippen molar-refractivity contribution in [2.75, 3.05) is 0 Å². The highest BCUT2D eigenvalue weighted by atomic mass is 13.4. The van der Waals surface area contributed by atoms with Crippen LogP contribution in [0.25, 0.3) is 0 Å². The van der Waals surface area contributed by atoms with Crippen molar-refractivity contribution in [2.45, 2.75) is 13.8 Å². The van der Waals surface area contributed by atoms with Gasteiger partial charge in [0.1, 0.15) is 0 Å². The molecule has 0 radical (unpaired) electrons. The van der Waals surface area contributed by atoms with Gasteiger partial charge in [0.2, 0.25) is 0 Å². The van der Waals surface area contributed by atoms with Crippen LogP contribution in [0.4, 0.5) is 0 Å². The highest BCUT2D eigenvalue weighted by molar-refractivity contribution is 4.68. The van der Waals surface area contributed by atoms with Gasteiger partial charge in [-0.05, 0) is 13.8 Å². The predicted octanol–water partition coefficient (Wildman–Crippen LogP) is 1.58. The highest BCUT2D eigenvalue weighted by Gasteiger charge is 1.34. The summed E-state index contributed by atoms with van der Waals surface area (Å²) in [5.74, 6) is 0. The zero-order valence-electron chi connectivity index (χ0n) is 4.78. The molecule has 0 spiro atoms. The summed E-state index contributed by atoms with van der Waals surface area (Å²) in [7, 11) is 0. The Hall–Kier alpha value is -0.260. The Kier molecular flexibility index (Phi) is 0.856. The molecule has 0 N–H and O–H groups in total. The Balaban J connectivity index is 3.14. The van der Waals surface area contributed by atoms with Gasteiger partial charge in [0, 0.05) is 1.37 Å². The molecular formula is C4H8. The molecule has 0 saturated carbocycles. The summed E-state index contributed by atoms with van der Waals surface area (Å²) in [6.45, 7) is 1.89. The number of hydrogen-bond donors (Lipinski definition) is 0. The Bertz CT molecular complexity index is 52.6. The third-order valence-corrected chi connectivity index (χ3v) is 0.204. The molecule has 0 aromatic rings. The molecule has 0 amide bonds. The monoisotopic (exact) mass is 58.1 g/mol. The van der Waals surface area contributed by atoms with Crippen molar-refractivity contribution in [2.24, 2.45) is 0 Å². The van der Waals surface area contributed by atoms with Crippen LogP contribution < -0.4 is 0 Å². The maximum Gasteiger partial charge on any atom is 0.0569 e. The zero-order valence-corrected chi connectivity index (χ0v) is 2.78. The quantitative estimate of drug-likeness (QED) is 0.371. The van der Waals surface area contributed by atoms with E-state index >= 15 is 0 Å². The first kappa shape index (κ1) is 1.25. The molecule has 0 nitrogen and oxygen atoms in total. The van der Waals surface area contributed by atoms with Crippen molar-refractivity contribution in [3.8, 4) is 0 Å². The molecule has 0 saturated heterocycles. The van der Waals surface area contributed by atoms with E-state index in [0.717, 1.165) is 0 Å². The normalized spacial score (nSPS) is 18.8. The molecule has 0 fully saturated rings. The Morgan fingerprint density at radius 3 is 3.00 bits per heavy atom. The molecule has 24 valence electrons. The van der Waals surface area contributed by atoms with Crippen LogP contribution in [0.15, 0.2) is 12.1 Å². The van der Waals surface area contributed by atoms with Crippen molar-refractivity contribution in [1.82, 2.24) is 0 Å². The average Bonchev–Trinajstić information content (AvgIpc) is 1.35. The minimum atomic E-state index is 0.231. The molecule has 0 aliphatic heterocycles. The lowest BCUT2D eigenvalue weighted by Crippen LogP contribution is -1.26. The van der Waals surface area contributed by atoms with Crippen LogP contribution in [0, 0.1) is 0 Å². The third kappa shape index (κ3) is 1.74. The second-order valence-corrected chi connectivity index (χ2v) is 0.493. The second-order valence-electron chi connectivity index (χ2n) is 0.493. The van der Waals surface area contributed by atoms with Crippen LogP contribution in [0.3, 0.4) is 0 Å². The van der Waals surface area contributed by atoms with E-state index in [0.29, 0.717) is 6.05 Å². The van der Waals surface area contributed by atoms with Gasteiger partial charge >= 0.3 is 0 Å². The average molecular weight is 58.1 g/mol. The number of rotatable bonds is 0. The summed E-state index contributed by atoms with van der Waals surface area (Å²) < 4.78 is 13.3. The summed E-state index contributed by atoms with van der Waals surface area (Å²) in [5, 5.41) is 0. The molecule has 4 heavy (non-hydrogen) atoms. The number of hydrogen-bond acceptors (Lipinski definition) is 0. The van der Waals surface area contributed by atoms with Gasteiger partial charge in [-0.25, -0.2) is 0 Å². The Morgan fingerprint density at radius 1 is 2.25 bits per heavy atom. The molecule has 0 aromatic carbocycles. The standard InChI is InChI=1S/C4H8/c1-3-4-2/h3-4H,1-2H3/i1D,4D. The fourth-order valence-electron chi connectivity index (χ4n) is 0. The van der Waals surface area contributed by atoms with Crippen molar-refractivity contribution in [3.05, 3.63) is 12.1 Å². The van der Waals surface area contributed by atoms with Gasteiger partial charge in [0.05, 0.1) is 1.37 Å². The minimum Gasteiger partial charge on any atom is -0.0919 e. The van der Waals surface area contributed by atoms with Gasteiger partial charge in [0.25, 0.3) is 0 Å². The van der Waals surface area contributed by atoms with Crippen LogP contribution in [0.1, 0.15) is 16.6 Å². The lowest BCUT2D eigenvalue weighted by molar-refractivity contribution is 1.64. The fraction of sp³-hybridized carbons (Fsp3) is 0.500. The van der Waals surface area contributed by atoms with Gasteiger partial charge in [0.15, 0.2) is 0 Å². The van der Waals surface area contributed by atoms with Crippen molar-refractivity contribution in [3.63, 3.8) is 0 Å². The largest absolute Gasteiger partial charge is 0.0919 e. The minimum absolute atomic E-state index is 0.231. The fourth-order valence-corrected chi connectivity index (χ4v) is 0. The molecule has 0 heterocycles. The van der Waals surface area contributed by atoms with E-state index in [1.807, 2.05) is 0 Å². The van der Waals surface area contributed by atoms with Crippen LogP contribution in [0.2, 0.25) is 0 Å². The van der Waals surface area contributed by atoms with Crippen LogP contribution >= 0.6 is 0 Å². The topological polar surface area (TPSA) is 0 Å². The van der Waals surface area contributed by atoms with Crippen LogP contribution in [0.5, 0.6) is 0 Å². The van der Waals surface area contributed by atoms with Crippen LogP contribution in [-0.2, 0) is 0 Å². The van der Waals surface area contributed by atoms with E-state index in [-0.39, 0.29) is 6.90 Å². The van der Waals surface area contributed by atoms with Crippen LogP contribution in [-0.4, -0.2) is 0 Å². The van der Waals surface area contributed by atoms with E-state index in [1.54, 1.807) is 13.0 Å². The maximum absolute atomic E-state index is 6.72. The molecule has 0 bridgehead atoms. The Morgan fingerprint density at radius 2 is 3.00 bits per heavy atom. The molecule has 0 heteroatoms. The van der Waals surface area contributed by atoms with Crippen molar-refractivity contribution in [1.29, 1.82) is 0 Å². The lowest BCUT2D eigenvalue weighted by atomic mass is 10.6. The predicted molar refractivity (Wildman–Crippen MR) is 20.5 cm³/mol. The van der Waals surface area contributed by atoms with E-state index in [9.17, 15) is 0 Å². The first-order chi connectivity index (χ1) is 2.77. The maximum atomic E-state index is 6.72. The molecule has 0 aliphatic carbocycles. The van der Waals surface area contributed by atoms with E-state index in [2.05, 4.69) is 0 Å². The molecule has 0 aromatic heterocycles. The molecule has 0 aliphatic rings. The third-order valence-electron chi connectivity index (χ3n) is 0.204. The summed E-state index contributed by atoms with van der Waals surface area (Å²) in [6.07, 6.45) is 1.54. The summed E-state index contributed by atoms with van der Waals surface area (Å²) in [4.78, 5) is 0. The van der Waals surface area contributed by atoms with E-state index in [4.69, 9.17) is 2.74 Å². The first-order valence-corrected chi connectivity index (χ1v) is 1.20. The van der Waals surface area contributed by atoms with Gasteiger partial charge in [-0.1, -0.05) is 12.1 Å². The van der Waals surface area contributed by atoms with Crippen molar-refractivity contribution < 1.29 is 2.74 Å². The number of allylic oxidation sites excluding steroid dienone is 2. The summed E-state index contributed by atoms with van der Waals surface area (Å²) in [6, 6.07) is 0.477. The second kappa shape index (κ2) is 2.74. The summed E-state index contributed by atoms with van der Waals surface area (Å²) >= 11 is 0. The molecule has 0 unspecified atom stereocenters. The first-order valence-electron chi connectivity index (χ1n) is 2.40. The van der Waals surface area contributed by atoms with Gasteiger partial charge in [-0.2, -0.15) is 0 Å². The van der Waals surface area contributed by atoms with Gasteiger partial charge in [-0.3, -0.25) is 0 Å². The van der Waals surface area contributed by atoms with E-state index < -0.39 is 0 Å². The Labute approximate surface area is 30.0 Å².